The molecule has 0 spiro atoms. The molecule has 2 aliphatic rings. The Bertz CT molecular complexity index is 1940. The Labute approximate surface area is 226 Å². The van der Waals surface area contributed by atoms with E-state index < -0.39 is 0 Å². The minimum absolute atomic E-state index is 0.0989. The molecule has 1 aliphatic carbocycles. The van der Waals surface area contributed by atoms with Gasteiger partial charge in [-0.2, -0.15) is 0 Å². The molecule has 0 amide bonds. The zero-order valence-corrected chi connectivity index (χ0v) is 21.6. The predicted molar refractivity (Wildman–Crippen MR) is 155 cm³/mol. The van der Waals surface area contributed by atoms with Gasteiger partial charge in [0.2, 0.25) is 0 Å². The molecule has 0 saturated heterocycles. The molecule has 39 heavy (non-hydrogen) atoms. The molecule has 1 aromatic heterocycles. The lowest BCUT2D eigenvalue weighted by Crippen LogP contribution is -2.15. The van der Waals surface area contributed by atoms with Gasteiger partial charge in [-0.15, -0.1) is 0 Å². The third kappa shape index (κ3) is 3.31. The van der Waals surface area contributed by atoms with Crippen LogP contribution in [0.5, 0.6) is 23.0 Å². The lowest BCUT2D eigenvalue weighted by molar-refractivity contribution is 0.359. The molecule has 186 valence electrons. The molecular formula is C35H24N2O2. The fourth-order valence-electron chi connectivity index (χ4n) is 5.94. The maximum absolute atomic E-state index is 6.47. The van der Waals surface area contributed by atoms with Gasteiger partial charge in [0.1, 0.15) is 0 Å². The van der Waals surface area contributed by atoms with E-state index in [1.807, 2.05) is 54.6 Å². The summed E-state index contributed by atoms with van der Waals surface area (Å²) in [6.07, 6.45) is 0. The Balaban J connectivity index is 1.22. The van der Waals surface area contributed by atoms with Crippen LogP contribution in [0.15, 0.2) is 109 Å². The van der Waals surface area contributed by atoms with Gasteiger partial charge in [-0.05, 0) is 58.7 Å². The molecular weight excluding hydrogens is 480 g/mol. The van der Waals surface area contributed by atoms with Gasteiger partial charge in [-0.1, -0.05) is 86.6 Å². The molecule has 0 unspecified atom stereocenters. The largest absolute Gasteiger partial charge is 0.450 e. The van der Waals surface area contributed by atoms with E-state index in [9.17, 15) is 0 Å². The second kappa shape index (κ2) is 8.02. The number of rotatable bonds is 2. The van der Waals surface area contributed by atoms with Crippen molar-refractivity contribution in [3.63, 3.8) is 0 Å². The summed E-state index contributed by atoms with van der Waals surface area (Å²) < 4.78 is 12.9. The van der Waals surface area contributed by atoms with Crippen molar-refractivity contribution in [2.45, 2.75) is 19.3 Å². The highest BCUT2D eigenvalue weighted by atomic mass is 16.6. The van der Waals surface area contributed by atoms with Gasteiger partial charge in [0.05, 0.1) is 11.2 Å². The predicted octanol–water partition coefficient (Wildman–Crippen LogP) is 9.17. The summed E-state index contributed by atoms with van der Waals surface area (Å²) in [6.45, 7) is 4.53. The molecule has 1 aliphatic heterocycles. The van der Waals surface area contributed by atoms with Crippen molar-refractivity contribution >= 4 is 10.9 Å². The van der Waals surface area contributed by atoms with Crippen LogP contribution in [0, 0.1) is 0 Å². The Morgan fingerprint density at radius 1 is 0.538 bits per heavy atom. The zero-order valence-electron chi connectivity index (χ0n) is 21.6. The average molecular weight is 505 g/mol. The highest BCUT2D eigenvalue weighted by Crippen LogP contribution is 2.55. The van der Waals surface area contributed by atoms with Crippen LogP contribution in [0.3, 0.4) is 0 Å². The number of para-hydroxylation sites is 1. The van der Waals surface area contributed by atoms with Crippen molar-refractivity contribution in [1.29, 1.82) is 0 Å². The van der Waals surface area contributed by atoms with Crippen LogP contribution in [0.1, 0.15) is 25.0 Å². The third-order valence-electron chi connectivity index (χ3n) is 7.94. The van der Waals surface area contributed by atoms with Gasteiger partial charge < -0.3 is 9.47 Å². The highest BCUT2D eigenvalue weighted by molar-refractivity contribution is 5.93. The van der Waals surface area contributed by atoms with E-state index >= 15 is 0 Å². The quantitative estimate of drug-likeness (QED) is 0.235. The number of aromatic nitrogens is 2. The maximum atomic E-state index is 6.47. The summed E-state index contributed by atoms with van der Waals surface area (Å²) in [4.78, 5) is 9.92. The van der Waals surface area contributed by atoms with Crippen LogP contribution in [0.4, 0.5) is 0 Å². The van der Waals surface area contributed by atoms with Gasteiger partial charge >= 0.3 is 0 Å². The van der Waals surface area contributed by atoms with E-state index in [1.165, 1.54) is 22.3 Å². The first kappa shape index (κ1) is 22.1. The molecule has 6 aromatic rings. The van der Waals surface area contributed by atoms with Gasteiger partial charge in [-0.25, -0.2) is 9.97 Å². The van der Waals surface area contributed by atoms with Gasteiger partial charge in [0.15, 0.2) is 28.8 Å². The van der Waals surface area contributed by atoms with Crippen molar-refractivity contribution in [2.24, 2.45) is 0 Å². The normalized spacial score (nSPS) is 14.0. The molecule has 0 N–H and O–H groups in total. The van der Waals surface area contributed by atoms with E-state index in [4.69, 9.17) is 19.4 Å². The summed E-state index contributed by atoms with van der Waals surface area (Å²) in [6, 6.07) is 37.1. The van der Waals surface area contributed by atoms with Crippen molar-refractivity contribution in [3.8, 4) is 56.8 Å². The van der Waals surface area contributed by atoms with Crippen LogP contribution < -0.4 is 9.47 Å². The summed E-state index contributed by atoms with van der Waals surface area (Å²) in [5.74, 6) is 3.44. The van der Waals surface area contributed by atoms with E-state index in [-0.39, 0.29) is 5.41 Å². The summed E-state index contributed by atoms with van der Waals surface area (Å²) in [5, 5.41) is 1.02. The summed E-state index contributed by atoms with van der Waals surface area (Å²) in [7, 11) is 0. The lowest BCUT2D eigenvalue weighted by atomic mass is 9.82. The molecule has 0 atom stereocenters. The smallest absolute Gasteiger partial charge is 0.170 e. The van der Waals surface area contributed by atoms with E-state index in [1.54, 1.807) is 0 Å². The Hall–Kier alpha value is -4.96. The van der Waals surface area contributed by atoms with Crippen molar-refractivity contribution in [1.82, 2.24) is 9.97 Å². The molecule has 0 bridgehead atoms. The van der Waals surface area contributed by atoms with E-state index in [0.717, 1.165) is 39.2 Å². The van der Waals surface area contributed by atoms with Crippen LogP contribution >= 0.6 is 0 Å². The van der Waals surface area contributed by atoms with Gasteiger partial charge in [0, 0.05) is 21.9 Å². The molecule has 0 fully saturated rings. The second-order valence-corrected chi connectivity index (χ2v) is 10.7. The number of ether oxygens (including phenoxy) is 2. The molecule has 0 saturated carbocycles. The number of hydrogen-bond donors (Lipinski definition) is 0. The van der Waals surface area contributed by atoms with Crippen molar-refractivity contribution in [2.75, 3.05) is 0 Å². The molecule has 4 heteroatoms. The Morgan fingerprint density at radius 3 is 2.15 bits per heavy atom. The standard InChI is InChI=1S/C35H24N2O2/c1-35(2)26-14-8-6-12-23(26)25-19-31-32(20-27(25)35)38-29-17-16-22(18-30(29)39-31)34-36-28-15-9-7-13-24(28)33(37-34)21-10-4-3-5-11-21/h3-20H,1-2H3. The third-order valence-corrected chi connectivity index (χ3v) is 7.94. The molecule has 0 radical (unpaired) electrons. The SMILES string of the molecule is CC1(C)c2ccccc2-c2cc3c(cc21)Oc1ccc(-c2nc(-c4ccccc4)c4ccccc4n2)cc1O3. The zero-order chi connectivity index (χ0) is 26.1. The first-order valence-corrected chi connectivity index (χ1v) is 13.2. The Kier molecular flexibility index (Phi) is 4.54. The lowest BCUT2D eigenvalue weighted by Gasteiger charge is -2.25. The summed E-state index contributed by atoms with van der Waals surface area (Å²) in [5.41, 5.74) is 8.67. The number of fused-ring (bicyclic) bond motifs is 6. The van der Waals surface area contributed by atoms with Crippen molar-refractivity contribution in [3.05, 3.63) is 120 Å². The van der Waals surface area contributed by atoms with Crippen LogP contribution in [-0.4, -0.2) is 9.97 Å². The molecule has 2 heterocycles. The van der Waals surface area contributed by atoms with E-state index in [0.29, 0.717) is 17.3 Å². The minimum Gasteiger partial charge on any atom is -0.450 e. The highest BCUT2D eigenvalue weighted by Gasteiger charge is 2.37. The monoisotopic (exact) mass is 504 g/mol. The molecule has 5 aromatic carbocycles. The fraction of sp³-hybridized carbons (Fsp3) is 0.0857. The van der Waals surface area contributed by atoms with Crippen LogP contribution in [0.25, 0.3) is 44.7 Å². The van der Waals surface area contributed by atoms with Crippen LogP contribution in [-0.2, 0) is 5.41 Å². The first-order valence-electron chi connectivity index (χ1n) is 13.2. The average Bonchev–Trinajstić information content (AvgIpc) is 3.20. The van der Waals surface area contributed by atoms with E-state index in [2.05, 4.69) is 68.4 Å². The van der Waals surface area contributed by atoms with Crippen LogP contribution in [0.2, 0.25) is 0 Å². The van der Waals surface area contributed by atoms with Gasteiger partial charge in [-0.3, -0.25) is 0 Å². The number of hydrogen-bond acceptors (Lipinski definition) is 4. The fourth-order valence-corrected chi connectivity index (χ4v) is 5.94. The maximum Gasteiger partial charge on any atom is 0.170 e. The Morgan fingerprint density at radius 2 is 1.26 bits per heavy atom. The van der Waals surface area contributed by atoms with Gasteiger partial charge in [0.25, 0.3) is 0 Å². The first-order chi connectivity index (χ1) is 19.1. The van der Waals surface area contributed by atoms with Crippen molar-refractivity contribution < 1.29 is 9.47 Å². The number of benzene rings is 5. The number of nitrogens with zero attached hydrogens (tertiary/aromatic N) is 2. The topological polar surface area (TPSA) is 44.2 Å². The second-order valence-electron chi connectivity index (χ2n) is 10.7. The summed E-state index contributed by atoms with van der Waals surface area (Å²) >= 11 is 0. The minimum atomic E-state index is -0.0989. The molecule has 8 rings (SSSR count). The molecule has 4 nitrogen and oxygen atoms in total.